The Hall–Kier alpha value is -1.68. The number of carbonyl (C=O) groups is 1. The van der Waals surface area contributed by atoms with E-state index in [-0.39, 0.29) is 31.3 Å². The van der Waals surface area contributed by atoms with Gasteiger partial charge in [-0.2, -0.15) is 0 Å². The lowest BCUT2D eigenvalue weighted by Crippen LogP contribution is -2.34. The Bertz CT molecular complexity index is 376. The van der Waals surface area contributed by atoms with Crippen LogP contribution in [-0.2, 0) is 11.2 Å². The molecule has 4 heteroatoms. The number of nitrogens with zero attached hydrogens (tertiary/aromatic N) is 1. The van der Waals surface area contributed by atoms with Gasteiger partial charge in [0.15, 0.2) is 0 Å². The van der Waals surface area contributed by atoms with Gasteiger partial charge in [-0.05, 0) is 17.7 Å². The number of aliphatic hydroxyl groups excluding tert-OH is 1. The van der Waals surface area contributed by atoms with Crippen LogP contribution in [0.4, 0.5) is 4.39 Å². The monoisotopic (exact) mass is 237 g/mol. The molecule has 1 rings (SSSR count). The molecule has 0 bridgehead atoms. The third-order valence-electron chi connectivity index (χ3n) is 2.34. The van der Waals surface area contributed by atoms with Gasteiger partial charge >= 0.3 is 0 Å². The lowest BCUT2D eigenvalue weighted by atomic mass is 10.1. The van der Waals surface area contributed by atoms with Gasteiger partial charge in [0.1, 0.15) is 5.82 Å². The summed E-state index contributed by atoms with van der Waals surface area (Å²) < 4.78 is 12.7. The fourth-order valence-corrected chi connectivity index (χ4v) is 1.48. The highest BCUT2D eigenvalue weighted by molar-refractivity contribution is 5.78. The van der Waals surface area contributed by atoms with Crippen LogP contribution in [0.15, 0.2) is 36.9 Å². The molecule has 1 amide bonds. The van der Waals surface area contributed by atoms with E-state index in [9.17, 15) is 9.18 Å². The van der Waals surface area contributed by atoms with Crippen LogP contribution in [0.1, 0.15) is 5.56 Å². The number of rotatable bonds is 6. The van der Waals surface area contributed by atoms with Gasteiger partial charge in [0.2, 0.25) is 5.91 Å². The van der Waals surface area contributed by atoms with Crippen molar-refractivity contribution in [2.75, 3.05) is 19.7 Å². The van der Waals surface area contributed by atoms with Crippen LogP contribution >= 0.6 is 0 Å². The number of carbonyl (C=O) groups excluding carboxylic acids is 1. The average molecular weight is 237 g/mol. The zero-order chi connectivity index (χ0) is 12.7. The molecule has 17 heavy (non-hydrogen) atoms. The highest BCUT2D eigenvalue weighted by Crippen LogP contribution is 2.05. The van der Waals surface area contributed by atoms with Crippen molar-refractivity contribution >= 4 is 5.91 Å². The molecular formula is C13H16FNO2. The summed E-state index contributed by atoms with van der Waals surface area (Å²) in [6.07, 6.45) is 1.81. The van der Waals surface area contributed by atoms with E-state index in [0.29, 0.717) is 6.54 Å². The zero-order valence-electron chi connectivity index (χ0n) is 9.60. The lowest BCUT2D eigenvalue weighted by molar-refractivity contribution is -0.130. The van der Waals surface area contributed by atoms with E-state index in [4.69, 9.17) is 5.11 Å². The largest absolute Gasteiger partial charge is 0.395 e. The number of benzene rings is 1. The molecule has 0 aliphatic rings. The predicted molar refractivity (Wildman–Crippen MR) is 64.0 cm³/mol. The molecule has 0 heterocycles. The first kappa shape index (κ1) is 13.4. The Kier molecular flexibility index (Phi) is 5.36. The van der Waals surface area contributed by atoms with Crippen molar-refractivity contribution in [2.45, 2.75) is 6.42 Å². The second-order valence-electron chi connectivity index (χ2n) is 3.66. The van der Waals surface area contributed by atoms with Crippen molar-refractivity contribution < 1.29 is 14.3 Å². The second kappa shape index (κ2) is 6.81. The summed E-state index contributed by atoms with van der Waals surface area (Å²) in [4.78, 5) is 13.4. The Labute approximate surface area is 100 Å². The van der Waals surface area contributed by atoms with E-state index >= 15 is 0 Å². The molecule has 0 spiro atoms. The Morgan fingerprint density at radius 3 is 2.59 bits per heavy atom. The quantitative estimate of drug-likeness (QED) is 0.759. The van der Waals surface area contributed by atoms with E-state index in [2.05, 4.69) is 6.58 Å². The topological polar surface area (TPSA) is 40.5 Å². The molecule has 1 aromatic rings. The molecule has 0 saturated carbocycles. The van der Waals surface area contributed by atoms with Gasteiger partial charge in [-0.1, -0.05) is 18.2 Å². The maximum absolute atomic E-state index is 12.7. The Morgan fingerprint density at radius 1 is 1.41 bits per heavy atom. The van der Waals surface area contributed by atoms with Gasteiger partial charge in [-0.25, -0.2) is 4.39 Å². The summed E-state index contributed by atoms with van der Waals surface area (Å²) in [5.41, 5.74) is 0.753. The first-order valence-electron chi connectivity index (χ1n) is 5.41. The fourth-order valence-electron chi connectivity index (χ4n) is 1.48. The van der Waals surface area contributed by atoms with Gasteiger partial charge in [-0.15, -0.1) is 6.58 Å². The number of aliphatic hydroxyl groups is 1. The molecule has 0 atom stereocenters. The minimum absolute atomic E-state index is 0.0804. The van der Waals surface area contributed by atoms with Gasteiger partial charge < -0.3 is 10.0 Å². The van der Waals surface area contributed by atoms with Crippen molar-refractivity contribution in [3.05, 3.63) is 48.3 Å². The SMILES string of the molecule is C=CCN(CCO)C(=O)Cc1ccc(F)cc1. The summed E-state index contributed by atoms with van der Waals surface area (Å²) in [6, 6.07) is 5.82. The molecule has 0 aromatic heterocycles. The first-order chi connectivity index (χ1) is 8.17. The van der Waals surface area contributed by atoms with E-state index in [1.54, 1.807) is 18.2 Å². The summed E-state index contributed by atoms with van der Waals surface area (Å²) in [7, 11) is 0. The van der Waals surface area contributed by atoms with Crippen LogP contribution in [0.25, 0.3) is 0 Å². The van der Waals surface area contributed by atoms with Crippen molar-refractivity contribution in [3.63, 3.8) is 0 Å². The molecule has 1 aromatic carbocycles. The van der Waals surface area contributed by atoms with E-state index in [0.717, 1.165) is 5.56 Å². The third kappa shape index (κ3) is 4.36. The third-order valence-corrected chi connectivity index (χ3v) is 2.34. The average Bonchev–Trinajstić information content (AvgIpc) is 2.32. The summed E-state index contributed by atoms with van der Waals surface area (Å²) in [5, 5.41) is 8.84. The minimum atomic E-state index is -0.320. The number of hydrogen-bond acceptors (Lipinski definition) is 2. The summed E-state index contributed by atoms with van der Waals surface area (Å²) in [6.45, 7) is 4.17. The van der Waals surface area contributed by atoms with Crippen LogP contribution in [0.2, 0.25) is 0 Å². The van der Waals surface area contributed by atoms with E-state index in [1.165, 1.54) is 17.0 Å². The first-order valence-corrected chi connectivity index (χ1v) is 5.41. The van der Waals surface area contributed by atoms with Crippen molar-refractivity contribution in [1.29, 1.82) is 0 Å². The van der Waals surface area contributed by atoms with E-state index < -0.39 is 0 Å². The van der Waals surface area contributed by atoms with Crippen LogP contribution < -0.4 is 0 Å². The van der Waals surface area contributed by atoms with Gasteiger partial charge in [0, 0.05) is 13.1 Å². The van der Waals surface area contributed by atoms with E-state index in [1.807, 2.05) is 0 Å². The van der Waals surface area contributed by atoms with Crippen molar-refractivity contribution in [2.24, 2.45) is 0 Å². The van der Waals surface area contributed by atoms with Gasteiger partial charge in [0.05, 0.1) is 13.0 Å². The van der Waals surface area contributed by atoms with Gasteiger partial charge in [0.25, 0.3) is 0 Å². The van der Waals surface area contributed by atoms with Gasteiger partial charge in [-0.3, -0.25) is 4.79 Å². The molecule has 0 aliphatic heterocycles. The standard InChI is InChI=1S/C13H16FNO2/c1-2-7-15(8-9-16)13(17)10-11-3-5-12(14)6-4-11/h2-6,16H,1,7-10H2. The van der Waals surface area contributed by atoms with Crippen molar-refractivity contribution in [3.8, 4) is 0 Å². The fraction of sp³-hybridized carbons (Fsp3) is 0.308. The molecule has 92 valence electrons. The smallest absolute Gasteiger partial charge is 0.227 e. The minimum Gasteiger partial charge on any atom is -0.395 e. The molecule has 1 N–H and O–H groups in total. The van der Waals surface area contributed by atoms with Crippen LogP contribution in [0, 0.1) is 5.82 Å². The summed E-state index contributed by atoms with van der Waals surface area (Å²) >= 11 is 0. The Morgan fingerprint density at radius 2 is 2.06 bits per heavy atom. The van der Waals surface area contributed by atoms with Crippen LogP contribution in [0.3, 0.4) is 0 Å². The highest BCUT2D eigenvalue weighted by Gasteiger charge is 2.11. The number of hydrogen-bond donors (Lipinski definition) is 1. The number of halogens is 1. The molecule has 0 saturated heterocycles. The molecule has 0 unspecified atom stereocenters. The molecule has 0 radical (unpaired) electrons. The Balaban J connectivity index is 2.62. The zero-order valence-corrected chi connectivity index (χ0v) is 9.60. The van der Waals surface area contributed by atoms with Crippen LogP contribution in [0.5, 0.6) is 0 Å². The highest BCUT2D eigenvalue weighted by atomic mass is 19.1. The predicted octanol–water partition coefficient (Wildman–Crippen LogP) is 1.38. The summed E-state index contributed by atoms with van der Waals surface area (Å²) in [5.74, 6) is -0.426. The maximum atomic E-state index is 12.7. The lowest BCUT2D eigenvalue weighted by Gasteiger charge is -2.19. The molecule has 3 nitrogen and oxygen atoms in total. The molecule has 0 aliphatic carbocycles. The normalized spacial score (nSPS) is 10.0. The number of amides is 1. The maximum Gasteiger partial charge on any atom is 0.227 e. The molecule has 0 fully saturated rings. The van der Waals surface area contributed by atoms with Crippen LogP contribution in [-0.4, -0.2) is 35.6 Å². The molecular weight excluding hydrogens is 221 g/mol. The second-order valence-corrected chi connectivity index (χ2v) is 3.66. The van der Waals surface area contributed by atoms with Crippen molar-refractivity contribution in [1.82, 2.24) is 4.90 Å².